The Hall–Kier alpha value is -9.07. The van der Waals surface area contributed by atoms with E-state index < -0.39 is 5.41 Å². The first-order valence-corrected chi connectivity index (χ1v) is 27.3. The lowest BCUT2D eigenvalue weighted by atomic mass is 9.67. The molecular formula is C70H41N3OS2. The van der Waals surface area contributed by atoms with E-state index in [-0.39, 0.29) is 0 Å². The second kappa shape index (κ2) is 17.0. The fourth-order valence-electron chi connectivity index (χ4n) is 12.3. The third-order valence-electron chi connectivity index (χ3n) is 15.7. The van der Waals surface area contributed by atoms with Gasteiger partial charge in [-0.2, -0.15) is 0 Å². The minimum atomic E-state index is -0.565. The van der Waals surface area contributed by atoms with Gasteiger partial charge in [-0.05, 0) is 136 Å². The van der Waals surface area contributed by atoms with Crippen LogP contribution in [-0.2, 0) is 5.41 Å². The van der Waals surface area contributed by atoms with Gasteiger partial charge in [0.05, 0.1) is 20.8 Å². The van der Waals surface area contributed by atoms with Crippen LogP contribution < -0.4 is 4.74 Å². The molecule has 2 aliphatic heterocycles. The van der Waals surface area contributed by atoms with Gasteiger partial charge in [-0.15, -0.1) is 0 Å². The van der Waals surface area contributed by atoms with Crippen molar-refractivity contribution in [1.82, 2.24) is 15.0 Å². The zero-order valence-electron chi connectivity index (χ0n) is 40.7. The largest absolute Gasteiger partial charge is 0.454 e. The standard InChI is InChI=1S/C70H41N3OS2/c1-2-16-43(17-3-1)67-71-68(73-69(72-67)54-23-15-31-64-66(54)74-60-27-10-13-30-63(60)76-64)44-34-32-42(33-35-44)45-36-39-53-59(41-45)70(56-24-8-11-28-61(56)75-62-29-12-9-25-57(62)70)58-26-14-22-47(65(53)58)46-37-38-52-50-20-5-4-18-48(50)49-19-6-7-21-51(49)55(52)40-46/h1-41H. The van der Waals surface area contributed by atoms with E-state index in [4.69, 9.17) is 19.7 Å². The first-order valence-electron chi connectivity index (χ1n) is 25.6. The second-order valence-electron chi connectivity index (χ2n) is 19.7. The molecule has 0 N–H and O–H groups in total. The molecule has 4 nitrogen and oxygen atoms in total. The van der Waals surface area contributed by atoms with Crippen molar-refractivity contribution in [2.75, 3.05) is 0 Å². The third kappa shape index (κ3) is 6.51. The zero-order valence-corrected chi connectivity index (χ0v) is 42.4. The highest BCUT2D eigenvalue weighted by molar-refractivity contribution is 7.99. The monoisotopic (exact) mass is 1000 g/mol. The van der Waals surface area contributed by atoms with Crippen molar-refractivity contribution >= 4 is 55.8 Å². The van der Waals surface area contributed by atoms with Crippen LogP contribution in [0.2, 0.25) is 0 Å². The summed E-state index contributed by atoms with van der Waals surface area (Å²) in [6, 6.07) is 90.3. The number of benzene rings is 12. The van der Waals surface area contributed by atoms with Gasteiger partial charge >= 0.3 is 0 Å². The number of fused-ring (bicyclic) bond motifs is 17. The van der Waals surface area contributed by atoms with Crippen LogP contribution in [0.25, 0.3) is 99.9 Å². The zero-order chi connectivity index (χ0) is 49.9. The summed E-state index contributed by atoms with van der Waals surface area (Å²) in [4.78, 5) is 20.1. The molecule has 76 heavy (non-hydrogen) atoms. The van der Waals surface area contributed by atoms with Crippen LogP contribution in [0.1, 0.15) is 22.3 Å². The molecule has 0 fully saturated rings. The first-order chi connectivity index (χ1) is 37.7. The summed E-state index contributed by atoms with van der Waals surface area (Å²) in [7, 11) is 0. The third-order valence-corrected chi connectivity index (χ3v) is 17.9. The summed E-state index contributed by atoms with van der Waals surface area (Å²) in [6.45, 7) is 0. The Bertz CT molecular complexity index is 4490. The molecule has 0 radical (unpaired) electrons. The minimum absolute atomic E-state index is 0.560. The van der Waals surface area contributed by atoms with Crippen molar-refractivity contribution in [3.05, 3.63) is 271 Å². The van der Waals surface area contributed by atoms with Gasteiger partial charge in [0, 0.05) is 20.9 Å². The van der Waals surface area contributed by atoms with Crippen LogP contribution in [0.5, 0.6) is 11.5 Å². The predicted octanol–water partition coefficient (Wildman–Crippen LogP) is 18.8. The molecule has 3 heterocycles. The van der Waals surface area contributed by atoms with Gasteiger partial charge in [0.25, 0.3) is 0 Å². The maximum Gasteiger partial charge on any atom is 0.167 e. The predicted molar refractivity (Wildman–Crippen MR) is 312 cm³/mol. The van der Waals surface area contributed by atoms with Crippen LogP contribution >= 0.6 is 23.5 Å². The quantitative estimate of drug-likeness (QED) is 0.160. The molecule has 0 bridgehead atoms. The molecule has 1 aliphatic carbocycles. The van der Waals surface area contributed by atoms with Crippen LogP contribution in [0.3, 0.4) is 0 Å². The van der Waals surface area contributed by atoms with Crippen molar-refractivity contribution in [2.45, 2.75) is 25.0 Å². The number of nitrogens with zero attached hydrogens (tertiary/aromatic N) is 3. The summed E-state index contributed by atoms with van der Waals surface area (Å²) in [5.74, 6) is 3.33. The van der Waals surface area contributed by atoms with E-state index in [1.807, 2.05) is 66.4 Å². The highest BCUT2D eigenvalue weighted by Crippen LogP contribution is 2.64. The molecular weight excluding hydrogens is 963 g/mol. The first kappa shape index (κ1) is 43.3. The van der Waals surface area contributed by atoms with Crippen molar-refractivity contribution in [2.24, 2.45) is 0 Å². The Morgan fingerprint density at radius 3 is 1.51 bits per heavy atom. The summed E-state index contributed by atoms with van der Waals surface area (Å²) in [5, 5.41) is 7.65. The molecule has 1 spiro atoms. The number of hydrogen-bond acceptors (Lipinski definition) is 6. The average Bonchev–Trinajstić information content (AvgIpc) is 3.84. The molecule has 3 aliphatic rings. The number of ether oxygens (including phenoxy) is 1. The van der Waals surface area contributed by atoms with Crippen molar-refractivity contribution < 1.29 is 4.74 Å². The summed E-state index contributed by atoms with van der Waals surface area (Å²) in [6.07, 6.45) is 0. The van der Waals surface area contributed by atoms with Crippen LogP contribution in [0, 0.1) is 0 Å². The lowest BCUT2D eigenvalue weighted by Gasteiger charge is -2.39. The van der Waals surface area contributed by atoms with Crippen LogP contribution in [-0.4, -0.2) is 15.0 Å². The second-order valence-corrected chi connectivity index (χ2v) is 21.9. The highest BCUT2D eigenvalue weighted by atomic mass is 32.2. The number of para-hydroxylation sites is 2. The summed E-state index contributed by atoms with van der Waals surface area (Å²) in [5.41, 5.74) is 14.5. The molecule has 354 valence electrons. The molecule has 13 aromatic rings. The van der Waals surface area contributed by atoms with Crippen molar-refractivity contribution in [3.63, 3.8) is 0 Å². The van der Waals surface area contributed by atoms with E-state index in [1.54, 1.807) is 11.8 Å². The van der Waals surface area contributed by atoms with Gasteiger partial charge in [-0.3, -0.25) is 0 Å². The topological polar surface area (TPSA) is 47.9 Å². The fraction of sp³-hybridized carbons (Fsp3) is 0.0143. The van der Waals surface area contributed by atoms with Crippen molar-refractivity contribution in [1.29, 1.82) is 0 Å². The Morgan fingerprint density at radius 1 is 0.289 bits per heavy atom. The van der Waals surface area contributed by atoms with Gasteiger partial charge in [0.1, 0.15) is 5.75 Å². The van der Waals surface area contributed by atoms with Gasteiger partial charge < -0.3 is 4.74 Å². The van der Waals surface area contributed by atoms with E-state index in [0.717, 1.165) is 49.1 Å². The molecule has 0 amide bonds. The Kier molecular flexibility index (Phi) is 9.69. The Morgan fingerprint density at radius 2 is 0.789 bits per heavy atom. The fourth-order valence-corrected chi connectivity index (χ4v) is 14.5. The average molecular weight is 1000 g/mol. The molecule has 0 saturated carbocycles. The lowest BCUT2D eigenvalue weighted by Crippen LogP contribution is -2.32. The molecule has 0 unspecified atom stereocenters. The lowest BCUT2D eigenvalue weighted by molar-refractivity contribution is 0.456. The Labute approximate surface area is 447 Å². The SMILES string of the molecule is c1ccc(-c2nc(-c3ccc(-c4ccc5c(c4)C4(c6ccccc6Sc6ccccc64)c4cccc(-c6ccc7c8ccccc8c8ccccc8c7c6)c4-5)cc3)nc(-c3cccc4c3Oc3ccccc3S4)n2)cc1. The van der Waals surface area contributed by atoms with Crippen LogP contribution in [0.4, 0.5) is 0 Å². The smallest absolute Gasteiger partial charge is 0.167 e. The molecule has 1 aromatic heterocycles. The van der Waals surface area contributed by atoms with Gasteiger partial charge in [0.2, 0.25) is 0 Å². The number of hydrogen-bond donors (Lipinski definition) is 0. The van der Waals surface area contributed by atoms with E-state index in [1.165, 1.54) is 86.6 Å². The van der Waals surface area contributed by atoms with Gasteiger partial charge in [-0.1, -0.05) is 224 Å². The number of rotatable bonds is 5. The maximum atomic E-state index is 6.60. The normalized spacial score (nSPS) is 13.4. The van der Waals surface area contributed by atoms with E-state index in [2.05, 4.69) is 194 Å². The van der Waals surface area contributed by atoms with Crippen molar-refractivity contribution in [3.8, 4) is 79.0 Å². The maximum absolute atomic E-state index is 6.60. The molecule has 6 heteroatoms. The molecule has 0 saturated heterocycles. The highest BCUT2D eigenvalue weighted by Gasteiger charge is 2.51. The van der Waals surface area contributed by atoms with Crippen LogP contribution in [0.15, 0.2) is 268 Å². The van der Waals surface area contributed by atoms with E-state index in [9.17, 15) is 0 Å². The van der Waals surface area contributed by atoms with E-state index in [0.29, 0.717) is 17.5 Å². The van der Waals surface area contributed by atoms with Gasteiger partial charge in [0.15, 0.2) is 23.2 Å². The molecule has 12 aromatic carbocycles. The number of aromatic nitrogens is 3. The minimum Gasteiger partial charge on any atom is -0.454 e. The summed E-state index contributed by atoms with van der Waals surface area (Å²) < 4.78 is 6.60. The van der Waals surface area contributed by atoms with E-state index >= 15 is 0 Å². The molecule has 0 atom stereocenters. The summed E-state index contributed by atoms with van der Waals surface area (Å²) >= 11 is 3.57. The Balaban J connectivity index is 0.857. The van der Waals surface area contributed by atoms with Gasteiger partial charge in [-0.25, -0.2) is 15.0 Å². The molecule has 16 rings (SSSR count).